The van der Waals surface area contributed by atoms with Crippen LogP contribution in [-0.2, 0) is 9.59 Å². The van der Waals surface area contributed by atoms with Crippen LogP contribution >= 0.6 is 0 Å². The van der Waals surface area contributed by atoms with Crippen molar-refractivity contribution in [2.24, 2.45) is 11.8 Å². The predicted molar refractivity (Wildman–Crippen MR) is 56.7 cm³/mol. The Kier molecular flexibility index (Phi) is 3.74. The van der Waals surface area contributed by atoms with Gasteiger partial charge in [0.15, 0.2) is 0 Å². The number of amides is 1. The molecule has 0 aliphatic heterocycles. The SMILES string of the molecule is CC(C)N(CCC(=O)O)C(=O)[C@@H]1[C@@H](C)C1(F)F. The van der Waals surface area contributed by atoms with Crippen LogP contribution < -0.4 is 0 Å². The van der Waals surface area contributed by atoms with E-state index in [0.29, 0.717) is 0 Å². The Morgan fingerprint density at radius 1 is 1.41 bits per heavy atom. The van der Waals surface area contributed by atoms with E-state index in [-0.39, 0.29) is 19.0 Å². The minimum absolute atomic E-state index is 0.0227. The lowest BCUT2D eigenvalue weighted by Gasteiger charge is -2.26. The maximum absolute atomic E-state index is 13.1. The molecule has 0 saturated heterocycles. The molecule has 1 rings (SSSR count). The summed E-state index contributed by atoms with van der Waals surface area (Å²) in [6, 6.07) is -0.273. The second-order valence-electron chi connectivity index (χ2n) is 4.71. The normalized spacial score (nSPS) is 25.8. The number of nitrogens with zero attached hydrogens (tertiary/aromatic N) is 1. The lowest BCUT2D eigenvalue weighted by molar-refractivity contribution is -0.140. The van der Waals surface area contributed by atoms with E-state index in [0.717, 1.165) is 0 Å². The standard InChI is InChI=1S/C11H17F2NO3/c1-6(2)14(5-4-8(15)16)10(17)9-7(3)11(9,12)13/h6-7,9H,4-5H2,1-3H3,(H,15,16)/t7-,9+/m1/s1. The number of halogens is 2. The molecule has 6 heteroatoms. The molecule has 1 aliphatic rings. The average molecular weight is 249 g/mol. The second-order valence-corrected chi connectivity index (χ2v) is 4.71. The van der Waals surface area contributed by atoms with Gasteiger partial charge in [0.2, 0.25) is 5.91 Å². The number of aliphatic carboxylic acids is 1. The summed E-state index contributed by atoms with van der Waals surface area (Å²) in [4.78, 5) is 23.5. The van der Waals surface area contributed by atoms with Gasteiger partial charge in [-0.2, -0.15) is 0 Å². The lowest BCUT2D eigenvalue weighted by atomic mass is 10.2. The Labute approximate surface area is 98.6 Å². The number of hydrogen-bond donors (Lipinski definition) is 1. The van der Waals surface area contributed by atoms with Crippen LogP contribution in [0, 0.1) is 11.8 Å². The first-order chi connectivity index (χ1) is 7.69. The molecule has 1 aliphatic carbocycles. The van der Waals surface area contributed by atoms with Crippen molar-refractivity contribution in [2.45, 2.75) is 39.2 Å². The number of carboxylic acids is 1. The van der Waals surface area contributed by atoms with Crippen LogP contribution in [0.5, 0.6) is 0 Å². The third-order valence-corrected chi connectivity index (χ3v) is 3.15. The van der Waals surface area contributed by atoms with Gasteiger partial charge in [-0.25, -0.2) is 8.78 Å². The monoisotopic (exact) mass is 249 g/mol. The number of carbonyl (C=O) groups excluding carboxylic acids is 1. The molecule has 1 saturated carbocycles. The summed E-state index contributed by atoms with van der Waals surface area (Å²) in [5.41, 5.74) is 0. The summed E-state index contributed by atoms with van der Waals surface area (Å²) >= 11 is 0. The fraction of sp³-hybridized carbons (Fsp3) is 0.818. The number of carboxylic acid groups (broad SMARTS) is 1. The highest BCUT2D eigenvalue weighted by Crippen LogP contribution is 2.55. The van der Waals surface area contributed by atoms with Gasteiger partial charge in [0.25, 0.3) is 5.92 Å². The molecule has 17 heavy (non-hydrogen) atoms. The van der Waals surface area contributed by atoms with Gasteiger partial charge in [0.1, 0.15) is 5.92 Å². The van der Waals surface area contributed by atoms with Crippen LogP contribution in [-0.4, -0.2) is 40.4 Å². The Morgan fingerprint density at radius 3 is 2.18 bits per heavy atom. The molecule has 0 aromatic carbocycles. The highest BCUT2D eigenvalue weighted by Gasteiger charge is 2.69. The molecule has 1 amide bonds. The minimum atomic E-state index is -2.94. The number of carbonyl (C=O) groups is 2. The third-order valence-electron chi connectivity index (χ3n) is 3.15. The van der Waals surface area contributed by atoms with Crippen LogP contribution in [0.15, 0.2) is 0 Å². The molecule has 1 N–H and O–H groups in total. The van der Waals surface area contributed by atoms with Gasteiger partial charge >= 0.3 is 5.97 Å². The number of alkyl halides is 2. The Balaban J connectivity index is 2.66. The zero-order chi connectivity index (χ0) is 13.4. The molecule has 98 valence electrons. The maximum atomic E-state index is 13.1. The first kappa shape index (κ1) is 13.9. The topological polar surface area (TPSA) is 57.6 Å². The molecule has 0 aromatic rings. The van der Waals surface area contributed by atoms with E-state index in [1.807, 2.05) is 0 Å². The smallest absolute Gasteiger partial charge is 0.305 e. The minimum Gasteiger partial charge on any atom is -0.481 e. The van der Waals surface area contributed by atoms with E-state index in [9.17, 15) is 18.4 Å². The van der Waals surface area contributed by atoms with Crippen molar-refractivity contribution in [2.75, 3.05) is 6.54 Å². The Bertz CT molecular complexity index is 331. The molecule has 0 aromatic heterocycles. The molecular formula is C11H17F2NO3. The summed E-state index contributed by atoms with van der Waals surface area (Å²) in [5, 5.41) is 8.55. The van der Waals surface area contributed by atoms with Crippen LogP contribution in [0.3, 0.4) is 0 Å². The Hall–Kier alpha value is -1.20. The van der Waals surface area contributed by atoms with E-state index in [1.165, 1.54) is 11.8 Å². The van der Waals surface area contributed by atoms with E-state index in [1.54, 1.807) is 13.8 Å². The average Bonchev–Trinajstić information content (AvgIpc) is 2.64. The van der Waals surface area contributed by atoms with Crippen molar-refractivity contribution in [3.8, 4) is 0 Å². The first-order valence-corrected chi connectivity index (χ1v) is 5.59. The van der Waals surface area contributed by atoms with Crippen molar-refractivity contribution in [1.29, 1.82) is 0 Å². The molecule has 0 radical (unpaired) electrons. The van der Waals surface area contributed by atoms with E-state index in [2.05, 4.69) is 0 Å². The van der Waals surface area contributed by atoms with Gasteiger partial charge in [-0.3, -0.25) is 9.59 Å². The maximum Gasteiger partial charge on any atom is 0.305 e. The summed E-state index contributed by atoms with van der Waals surface area (Å²) < 4.78 is 26.2. The van der Waals surface area contributed by atoms with Gasteiger partial charge in [-0.05, 0) is 13.8 Å². The number of hydrogen-bond acceptors (Lipinski definition) is 2. The molecule has 4 nitrogen and oxygen atoms in total. The molecule has 2 atom stereocenters. The van der Waals surface area contributed by atoms with Crippen LogP contribution in [0.25, 0.3) is 0 Å². The predicted octanol–water partition coefficient (Wildman–Crippen LogP) is 1.60. The van der Waals surface area contributed by atoms with Crippen LogP contribution in [0.2, 0.25) is 0 Å². The van der Waals surface area contributed by atoms with E-state index < -0.39 is 29.6 Å². The van der Waals surface area contributed by atoms with Gasteiger partial charge in [-0.15, -0.1) is 0 Å². The Morgan fingerprint density at radius 2 is 1.88 bits per heavy atom. The fourth-order valence-electron chi connectivity index (χ4n) is 1.88. The largest absolute Gasteiger partial charge is 0.481 e. The van der Waals surface area contributed by atoms with Gasteiger partial charge in [-0.1, -0.05) is 6.92 Å². The zero-order valence-electron chi connectivity index (χ0n) is 10.1. The van der Waals surface area contributed by atoms with Crippen molar-refractivity contribution in [3.05, 3.63) is 0 Å². The molecule has 0 unspecified atom stereocenters. The van der Waals surface area contributed by atoms with Crippen molar-refractivity contribution >= 4 is 11.9 Å². The summed E-state index contributed by atoms with van der Waals surface area (Å²) in [6.07, 6.45) is -0.226. The van der Waals surface area contributed by atoms with Crippen molar-refractivity contribution < 1.29 is 23.5 Å². The van der Waals surface area contributed by atoms with Gasteiger partial charge in [0.05, 0.1) is 6.42 Å². The highest BCUT2D eigenvalue weighted by molar-refractivity contribution is 5.84. The quantitative estimate of drug-likeness (QED) is 0.805. The molecule has 0 heterocycles. The van der Waals surface area contributed by atoms with Crippen LogP contribution in [0.4, 0.5) is 8.78 Å². The second kappa shape index (κ2) is 4.58. The van der Waals surface area contributed by atoms with Gasteiger partial charge < -0.3 is 10.0 Å². The fourth-order valence-corrected chi connectivity index (χ4v) is 1.88. The van der Waals surface area contributed by atoms with E-state index in [4.69, 9.17) is 5.11 Å². The van der Waals surface area contributed by atoms with Crippen molar-refractivity contribution in [3.63, 3.8) is 0 Å². The molecule has 0 bridgehead atoms. The van der Waals surface area contributed by atoms with Gasteiger partial charge in [0, 0.05) is 18.5 Å². The molecule has 0 spiro atoms. The molecular weight excluding hydrogens is 232 g/mol. The molecule has 1 fully saturated rings. The first-order valence-electron chi connectivity index (χ1n) is 5.59. The summed E-state index contributed by atoms with van der Waals surface area (Å²) in [7, 11) is 0. The summed E-state index contributed by atoms with van der Waals surface area (Å²) in [6.45, 7) is 4.68. The number of rotatable bonds is 5. The van der Waals surface area contributed by atoms with Crippen LogP contribution in [0.1, 0.15) is 27.2 Å². The highest BCUT2D eigenvalue weighted by atomic mass is 19.3. The summed E-state index contributed by atoms with van der Waals surface area (Å²) in [5.74, 6) is -6.84. The lowest BCUT2D eigenvalue weighted by Crippen LogP contribution is -2.40. The van der Waals surface area contributed by atoms with Crippen molar-refractivity contribution in [1.82, 2.24) is 4.90 Å². The van der Waals surface area contributed by atoms with E-state index >= 15 is 0 Å². The zero-order valence-corrected chi connectivity index (χ0v) is 10.1. The third kappa shape index (κ3) is 2.73.